The molecule has 1 fully saturated rings. The van der Waals surface area contributed by atoms with E-state index in [1.54, 1.807) is 11.0 Å². The Morgan fingerprint density at radius 1 is 1.12 bits per heavy atom. The summed E-state index contributed by atoms with van der Waals surface area (Å²) in [5.41, 5.74) is 1.000. The summed E-state index contributed by atoms with van der Waals surface area (Å²) < 4.78 is 0. The van der Waals surface area contributed by atoms with Gasteiger partial charge in [-0.2, -0.15) is 0 Å². The molecule has 0 radical (unpaired) electrons. The molecule has 1 unspecified atom stereocenters. The number of rotatable bonds is 9. The number of carbonyl (C=O) groups excluding carboxylic acids is 3. The first-order valence-corrected chi connectivity index (χ1v) is 12.3. The minimum absolute atomic E-state index is 0.0332. The topological polar surface area (TPSA) is 69.7 Å². The van der Waals surface area contributed by atoms with Crippen LogP contribution in [0.5, 0.6) is 0 Å². The molecule has 6 nitrogen and oxygen atoms in total. The van der Waals surface area contributed by atoms with E-state index < -0.39 is 6.04 Å². The van der Waals surface area contributed by atoms with Gasteiger partial charge >= 0.3 is 0 Å². The second kappa shape index (κ2) is 11.8. The minimum atomic E-state index is -0.633. The predicted octanol–water partition coefficient (Wildman–Crippen LogP) is 3.59. The van der Waals surface area contributed by atoms with Gasteiger partial charge in [0, 0.05) is 39.0 Å². The Balaban J connectivity index is 1.63. The molecule has 32 heavy (non-hydrogen) atoms. The number of thiophene rings is 1. The summed E-state index contributed by atoms with van der Waals surface area (Å²) in [4.78, 5) is 43.0. The average Bonchev–Trinajstić information content (AvgIpc) is 3.37. The Morgan fingerprint density at radius 2 is 1.84 bits per heavy atom. The summed E-state index contributed by atoms with van der Waals surface area (Å²) in [5.74, 6) is -0.160. The lowest BCUT2D eigenvalue weighted by Crippen LogP contribution is -2.52. The van der Waals surface area contributed by atoms with Gasteiger partial charge in [-0.05, 0) is 36.3 Å². The predicted molar refractivity (Wildman–Crippen MR) is 128 cm³/mol. The van der Waals surface area contributed by atoms with Crippen molar-refractivity contribution in [2.75, 3.05) is 26.7 Å². The van der Waals surface area contributed by atoms with E-state index in [0.29, 0.717) is 37.2 Å². The molecule has 2 heterocycles. The maximum absolute atomic E-state index is 13.4. The van der Waals surface area contributed by atoms with Crippen LogP contribution in [0.15, 0.2) is 47.8 Å². The highest BCUT2D eigenvalue weighted by molar-refractivity contribution is 7.12. The number of nitrogens with one attached hydrogen (secondary N) is 1. The Bertz CT molecular complexity index is 877. The summed E-state index contributed by atoms with van der Waals surface area (Å²) in [7, 11) is 1.87. The molecule has 1 aliphatic rings. The van der Waals surface area contributed by atoms with Crippen LogP contribution in [-0.4, -0.2) is 60.2 Å². The van der Waals surface area contributed by atoms with Crippen LogP contribution in [0.4, 0.5) is 0 Å². The summed E-state index contributed by atoms with van der Waals surface area (Å²) in [6, 6.07) is 12.7. The number of nitrogens with zero attached hydrogens (tertiary/aromatic N) is 2. The lowest BCUT2D eigenvalue weighted by molar-refractivity contribution is -0.140. The Morgan fingerprint density at radius 3 is 2.47 bits per heavy atom. The van der Waals surface area contributed by atoms with Gasteiger partial charge in [-0.15, -0.1) is 11.3 Å². The molecule has 1 aliphatic heterocycles. The van der Waals surface area contributed by atoms with E-state index in [4.69, 9.17) is 0 Å². The molecule has 0 saturated carbocycles. The van der Waals surface area contributed by atoms with Crippen molar-refractivity contribution < 1.29 is 14.4 Å². The highest BCUT2D eigenvalue weighted by Crippen LogP contribution is 2.21. The van der Waals surface area contributed by atoms with Crippen LogP contribution in [-0.2, 0) is 16.0 Å². The quantitative estimate of drug-likeness (QED) is 0.628. The number of amides is 3. The minimum Gasteiger partial charge on any atom is -0.346 e. The first kappa shape index (κ1) is 24.0. The molecule has 1 aromatic carbocycles. The van der Waals surface area contributed by atoms with Crippen molar-refractivity contribution >= 4 is 29.1 Å². The van der Waals surface area contributed by atoms with E-state index in [-0.39, 0.29) is 23.6 Å². The van der Waals surface area contributed by atoms with Crippen molar-refractivity contribution in [1.82, 2.24) is 15.1 Å². The summed E-state index contributed by atoms with van der Waals surface area (Å²) in [6.07, 6.45) is 3.83. The van der Waals surface area contributed by atoms with Crippen molar-refractivity contribution in [3.8, 4) is 0 Å². The molecule has 1 N–H and O–H groups in total. The molecule has 7 heteroatoms. The molecule has 1 saturated heterocycles. The zero-order valence-electron chi connectivity index (χ0n) is 19.0. The van der Waals surface area contributed by atoms with Gasteiger partial charge < -0.3 is 15.1 Å². The lowest BCUT2D eigenvalue weighted by Gasteiger charge is -2.35. The molecule has 1 aromatic heterocycles. The van der Waals surface area contributed by atoms with E-state index in [2.05, 4.69) is 12.2 Å². The molecule has 172 valence electrons. The van der Waals surface area contributed by atoms with Crippen LogP contribution >= 0.6 is 11.3 Å². The van der Waals surface area contributed by atoms with Crippen LogP contribution in [0.2, 0.25) is 0 Å². The van der Waals surface area contributed by atoms with Gasteiger partial charge in [-0.3, -0.25) is 14.4 Å². The number of hydrogen-bond donors (Lipinski definition) is 1. The number of piperidine rings is 1. The fourth-order valence-corrected chi connectivity index (χ4v) is 4.70. The standard InChI is InChI=1S/C25H33N3O3S/c1-3-4-14-27(2)24(30)20-12-15-28(16-13-20)25(31)21(18-19-9-6-5-7-10-19)26-23(29)22-11-8-17-32-22/h5-11,17,20-21H,3-4,12-16,18H2,1-2H3,(H,26,29). The third-order valence-corrected chi connectivity index (χ3v) is 6.88. The van der Waals surface area contributed by atoms with Crippen molar-refractivity contribution in [3.05, 3.63) is 58.3 Å². The average molecular weight is 456 g/mol. The van der Waals surface area contributed by atoms with Gasteiger partial charge in [0.25, 0.3) is 5.91 Å². The normalized spacial score (nSPS) is 15.2. The van der Waals surface area contributed by atoms with E-state index in [9.17, 15) is 14.4 Å². The Hall–Kier alpha value is -2.67. The van der Waals surface area contributed by atoms with Crippen LogP contribution in [0.1, 0.15) is 47.8 Å². The zero-order chi connectivity index (χ0) is 22.9. The van der Waals surface area contributed by atoms with E-state index in [1.165, 1.54) is 11.3 Å². The largest absolute Gasteiger partial charge is 0.346 e. The maximum Gasteiger partial charge on any atom is 0.262 e. The number of carbonyl (C=O) groups is 3. The van der Waals surface area contributed by atoms with Crippen LogP contribution in [0.25, 0.3) is 0 Å². The molecular weight excluding hydrogens is 422 g/mol. The smallest absolute Gasteiger partial charge is 0.262 e. The van der Waals surface area contributed by atoms with Gasteiger partial charge in [0.15, 0.2) is 0 Å². The summed E-state index contributed by atoms with van der Waals surface area (Å²) in [6.45, 7) is 3.97. The van der Waals surface area contributed by atoms with Crippen LogP contribution < -0.4 is 5.32 Å². The fourth-order valence-electron chi connectivity index (χ4n) is 4.07. The molecule has 0 aliphatic carbocycles. The third-order valence-electron chi connectivity index (χ3n) is 6.01. The monoisotopic (exact) mass is 455 g/mol. The number of hydrogen-bond acceptors (Lipinski definition) is 4. The van der Waals surface area contributed by atoms with Crippen molar-refractivity contribution in [2.45, 2.75) is 45.1 Å². The van der Waals surface area contributed by atoms with Gasteiger partial charge in [-0.1, -0.05) is 49.7 Å². The number of benzene rings is 1. The molecule has 2 aromatic rings. The second-order valence-corrected chi connectivity index (χ2v) is 9.35. The highest BCUT2D eigenvalue weighted by atomic mass is 32.1. The van der Waals surface area contributed by atoms with Gasteiger partial charge in [0.1, 0.15) is 6.04 Å². The maximum atomic E-state index is 13.4. The molecule has 0 spiro atoms. The van der Waals surface area contributed by atoms with Crippen molar-refractivity contribution in [2.24, 2.45) is 5.92 Å². The van der Waals surface area contributed by atoms with Crippen molar-refractivity contribution in [3.63, 3.8) is 0 Å². The van der Waals surface area contributed by atoms with Gasteiger partial charge in [0.2, 0.25) is 11.8 Å². The summed E-state index contributed by atoms with van der Waals surface area (Å²) >= 11 is 1.36. The molecule has 3 rings (SSSR count). The van der Waals surface area contributed by atoms with Gasteiger partial charge in [-0.25, -0.2) is 0 Å². The molecule has 0 bridgehead atoms. The first-order valence-electron chi connectivity index (χ1n) is 11.4. The SMILES string of the molecule is CCCCN(C)C(=O)C1CCN(C(=O)C(Cc2ccccc2)NC(=O)c2cccs2)CC1. The van der Waals surface area contributed by atoms with Crippen molar-refractivity contribution in [1.29, 1.82) is 0 Å². The molecular formula is C25H33N3O3S. The number of unbranched alkanes of at least 4 members (excludes halogenated alkanes) is 1. The van der Waals surface area contributed by atoms with E-state index >= 15 is 0 Å². The van der Waals surface area contributed by atoms with E-state index in [0.717, 1.165) is 24.9 Å². The van der Waals surface area contributed by atoms with Crippen LogP contribution in [0.3, 0.4) is 0 Å². The highest BCUT2D eigenvalue weighted by Gasteiger charge is 2.32. The first-order chi connectivity index (χ1) is 15.5. The summed E-state index contributed by atoms with van der Waals surface area (Å²) in [5, 5.41) is 4.79. The van der Waals surface area contributed by atoms with Gasteiger partial charge in [0.05, 0.1) is 4.88 Å². The Labute approximate surface area is 194 Å². The van der Waals surface area contributed by atoms with E-state index in [1.807, 2.05) is 53.7 Å². The Kier molecular flexibility index (Phi) is 8.85. The number of likely N-dealkylation sites (tertiary alicyclic amines) is 1. The van der Waals surface area contributed by atoms with Crippen LogP contribution in [0, 0.1) is 5.92 Å². The fraction of sp³-hybridized carbons (Fsp3) is 0.480. The second-order valence-electron chi connectivity index (χ2n) is 8.41. The third kappa shape index (κ3) is 6.42. The lowest BCUT2D eigenvalue weighted by atomic mass is 9.94. The molecule has 1 atom stereocenters. The zero-order valence-corrected chi connectivity index (χ0v) is 19.8. The molecule has 3 amide bonds.